The molecule has 188 valence electrons. The molecule has 0 radical (unpaired) electrons. The third-order valence-electron chi connectivity index (χ3n) is 5.59. The molecule has 8 nitrogen and oxygen atoms in total. The number of hydrogen-bond acceptors (Lipinski definition) is 6. The molecule has 0 spiro atoms. The molecule has 0 unspecified atom stereocenters. The Balaban J connectivity index is 1.90. The molecule has 0 saturated carbocycles. The van der Waals surface area contributed by atoms with E-state index < -0.39 is 27.3 Å². The Morgan fingerprint density at radius 2 is 1.94 bits per heavy atom. The van der Waals surface area contributed by atoms with Crippen LogP contribution in [-0.4, -0.2) is 54.6 Å². The fraction of sp³-hybridized carbons (Fsp3) is 0.400. The fourth-order valence-corrected chi connectivity index (χ4v) is 5.09. The van der Waals surface area contributed by atoms with Crippen LogP contribution >= 0.6 is 0 Å². The van der Waals surface area contributed by atoms with E-state index in [1.165, 1.54) is 18.2 Å². The normalized spacial score (nSPS) is 12.4. The number of aromatic nitrogens is 3. The van der Waals surface area contributed by atoms with Crippen LogP contribution in [-0.2, 0) is 26.8 Å². The molecule has 0 aliphatic carbocycles. The van der Waals surface area contributed by atoms with Gasteiger partial charge in [0.25, 0.3) is 10.0 Å². The van der Waals surface area contributed by atoms with Crippen LogP contribution in [0.25, 0.3) is 11.1 Å². The molecule has 0 fully saturated rings. The van der Waals surface area contributed by atoms with Crippen LogP contribution in [0.3, 0.4) is 0 Å². The largest absolute Gasteiger partial charge is 0.307 e. The standard InChI is InChI=1S/C25H32FN5O3S/c1-17(2)20-12-19(26)13-21(18-8-7-10-27-15-18)22(20)14-23(32)29-35(33,34)24-9-11-31(28-24)25(3,4)16-30(5)6/h7-13,15,17H,14,16H2,1-6H3,(H,29,32). The first-order valence-corrected chi connectivity index (χ1v) is 12.8. The molecular formula is C25H32FN5O3S. The number of carbonyl (C=O) groups excluding carboxylic acids is 1. The van der Waals surface area contributed by atoms with Gasteiger partial charge >= 0.3 is 0 Å². The molecule has 0 atom stereocenters. The summed E-state index contributed by atoms with van der Waals surface area (Å²) in [4.78, 5) is 19.0. The summed E-state index contributed by atoms with van der Waals surface area (Å²) in [5, 5.41) is 3.98. The van der Waals surface area contributed by atoms with Crippen LogP contribution in [0.4, 0.5) is 4.39 Å². The minimum absolute atomic E-state index is 0.0878. The van der Waals surface area contributed by atoms with Gasteiger partial charge in [-0.15, -0.1) is 0 Å². The quantitative estimate of drug-likeness (QED) is 0.482. The van der Waals surface area contributed by atoms with E-state index in [0.717, 1.165) is 0 Å². The monoisotopic (exact) mass is 501 g/mol. The van der Waals surface area contributed by atoms with Crippen LogP contribution < -0.4 is 4.72 Å². The van der Waals surface area contributed by atoms with Crippen LogP contribution in [0, 0.1) is 5.82 Å². The van der Waals surface area contributed by atoms with Crippen molar-refractivity contribution < 1.29 is 17.6 Å². The number of nitrogens with one attached hydrogen (secondary N) is 1. The van der Waals surface area contributed by atoms with Crippen LogP contribution in [0.5, 0.6) is 0 Å². The van der Waals surface area contributed by atoms with Gasteiger partial charge in [0, 0.05) is 30.7 Å². The SMILES string of the molecule is CC(C)c1cc(F)cc(-c2cccnc2)c1CC(=O)NS(=O)(=O)c1ccn(C(C)(C)CN(C)C)n1. The number of pyridine rings is 1. The summed E-state index contributed by atoms with van der Waals surface area (Å²) in [6, 6.07) is 7.58. The highest BCUT2D eigenvalue weighted by Crippen LogP contribution is 2.32. The average Bonchev–Trinajstić information content (AvgIpc) is 3.26. The van der Waals surface area contributed by atoms with Crippen molar-refractivity contribution in [2.24, 2.45) is 0 Å². The maximum atomic E-state index is 14.4. The zero-order valence-electron chi connectivity index (χ0n) is 20.9. The van der Waals surface area contributed by atoms with Crippen LogP contribution in [0.1, 0.15) is 44.7 Å². The molecular weight excluding hydrogens is 469 g/mol. The number of rotatable bonds is 9. The summed E-state index contributed by atoms with van der Waals surface area (Å²) < 4.78 is 44.0. The highest BCUT2D eigenvalue weighted by molar-refractivity contribution is 7.90. The molecule has 3 aromatic rings. The first-order valence-electron chi connectivity index (χ1n) is 11.3. The van der Waals surface area contributed by atoms with E-state index >= 15 is 0 Å². The van der Waals surface area contributed by atoms with Gasteiger partial charge in [0.05, 0.1) is 12.0 Å². The number of sulfonamides is 1. The molecule has 0 aliphatic heterocycles. The third-order valence-corrected chi connectivity index (χ3v) is 6.86. The molecule has 1 aromatic carbocycles. The lowest BCUT2D eigenvalue weighted by molar-refractivity contribution is -0.118. The Morgan fingerprint density at radius 3 is 2.54 bits per heavy atom. The number of amides is 1. The predicted molar refractivity (Wildman–Crippen MR) is 133 cm³/mol. The zero-order valence-corrected chi connectivity index (χ0v) is 21.7. The second-order valence-corrected chi connectivity index (χ2v) is 11.4. The maximum Gasteiger partial charge on any atom is 0.283 e. The minimum atomic E-state index is -4.20. The Bertz CT molecular complexity index is 1300. The van der Waals surface area contributed by atoms with Gasteiger partial charge < -0.3 is 4.90 Å². The van der Waals surface area contributed by atoms with Gasteiger partial charge in [-0.25, -0.2) is 9.11 Å². The Labute approximate surface area is 206 Å². The van der Waals surface area contributed by atoms with Gasteiger partial charge in [-0.2, -0.15) is 13.5 Å². The molecule has 1 N–H and O–H groups in total. The molecule has 0 bridgehead atoms. The van der Waals surface area contributed by atoms with Gasteiger partial charge in [0.1, 0.15) is 5.82 Å². The smallest absolute Gasteiger partial charge is 0.283 e. The van der Waals surface area contributed by atoms with Crippen molar-refractivity contribution in [2.45, 2.75) is 50.6 Å². The second kappa shape index (κ2) is 10.2. The van der Waals surface area contributed by atoms with Crippen molar-refractivity contribution in [3.63, 3.8) is 0 Å². The van der Waals surface area contributed by atoms with E-state index in [2.05, 4.69) is 14.8 Å². The molecule has 2 heterocycles. The predicted octanol–water partition coefficient (Wildman–Crippen LogP) is 3.55. The minimum Gasteiger partial charge on any atom is -0.307 e. The first-order chi connectivity index (χ1) is 16.3. The molecule has 35 heavy (non-hydrogen) atoms. The second-order valence-electron chi connectivity index (χ2n) is 9.77. The summed E-state index contributed by atoms with van der Waals surface area (Å²) in [6.45, 7) is 8.30. The molecule has 0 aliphatic rings. The van der Waals surface area contributed by atoms with E-state index in [9.17, 15) is 17.6 Å². The van der Waals surface area contributed by atoms with Crippen LogP contribution in [0.2, 0.25) is 0 Å². The summed E-state index contributed by atoms with van der Waals surface area (Å²) >= 11 is 0. The van der Waals surface area contributed by atoms with E-state index in [0.29, 0.717) is 28.8 Å². The Morgan fingerprint density at radius 1 is 1.23 bits per heavy atom. The molecule has 3 rings (SSSR count). The lowest BCUT2D eigenvalue weighted by Crippen LogP contribution is -2.38. The molecule has 10 heteroatoms. The number of hydrogen-bond donors (Lipinski definition) is 1. The molecule has 1 amide bonds. The van der Waals surface area contributed by atoms with Gasteiger partial charge in [-0.3, -0.25) is 14.5 Å². The lowest BCUT2D eigenvalue weighted by Gasteiger charge is -2.28. The number of nitrogens with zero attached hydrogens (tertiary/aromatic N) is 4. The summed E-state index contributed by atoms with van der Waals surface area (Å²) in [6.07, 6.45) is 4.52. The van der Waals surface area contributed by atoms with Crippen molar-refractivity contribution in [1.29, 1.82) is 0 Å². The maximum absolute atomic E-state index is 14.4. The summed E-state index contributed by atoms with van der Waals surface area (Å²) in [5.74, 6) is -1.25. The highest BCUT2D eigenvalue weighted by Gasteiger charge is 2.27. The topological polar surface area (TPSA) is 97.2 Å². The molecule has 0 saturated heterocycles. The number of benzene rings is 1. The fourth-order valence-electron chi connectivity index (χ4n) is 4.18. The lowest BCUT2D eigenvalue weighted by atomic mass is 9.88. The van der Waals surface area contributed by atoms with Crippen molar-refractivity contribution in [2.75, 3.05) is 20.6 Å². The van der Waals surface area contributed by atoms with Crippen molar-refractivity contribution in [3.05, 3.63) is 65.9 Å². The van der Waals surface area contributed by atoms with E-state index in [4.69, 9.17) is 0 Å². The van der Waals surface area contributed by atoms with Crippen molar-refractivity contribution in [1.82, 2.24) is 24.4 Å². The number of carbonyl (C=O) groups is 1. The summed E-state index contributed by atoms with van der Waals surface area (Å²) in [7, 11) is -0.357. The van der Waals surface area contributed by atoms with Gasteiger partial charge in [0.2, 0.25) is 5.91 Å². The van der Waals surface area contributed by atoms with Crippen molar-refractivity contribution in [3.8, 4) is 11.1 Å². The Kier molecular flexibility index (Phi) is 7.76. The number of halogens is 1. The first kappa shape index (κ1) is 26.5. The van der Waals surface area contributed by atoms with E-state index in [1.807, 2.05) is 46.7 Å². The number of likely N-dealkylation sites (N-methyl/N-ethyl adjacent to an activating group) is 1. The molecule has 2 aromatic heterocycles. The highest BCUT2D eigenvalue weighted by atomic mass is 32.2. The van der Waals surface area contributed by atoms with Crippen LogP contribution in [0.15, 0.2) is 53.9 Å². The van der Waals surface area contributed by atoms with Gasteiger partial charge in [0.15, 0.2) is 5.03 Å². The summed E-state index contributed by atoms with van der Waals surface area (Å²) in [5.41, 5.74) is 1.87. The van der Waals surface area contributed by atoms with Gasteiger partial charge in [-0.1, -0.05) is 19.9 Å². The Hall–Kier alpha value is -3.11. The van der Waals surface area contributed by atoms with Crippen molar-refractivity contribution >= 4 is 15.9 Å². The zero-order chi connectivity index (χ0) is 26.0. The van der Waals surface area contributed by atoms with Gasteiger partial charge in [-0.05, 0) is 74.8 Å². The average molecular weight is 502 g/mol. The van der Waals surface area contributed by atoms with E-state index in [-0.39, 0.29) is 17.4 Å². The third kappa shape index (κ3) is 6.32. The van der Waals surface area contributed by atoms with E-state index in [1.54, 1.807) is 35.4 Å².